The lowest BCUT2D eigenvalue weighted by Gasteiger charge is -2.17. The zero-order valence-corrected chi connectivity index (χ0v) is 26.2. The molecule has 1 amide bonds. The Balaban J connectivity index is 1.45. The predicted octanol–water partition coefficient (Wildman–Crippen LogP) is 7.31. The molecule has 0 radical (unpaired) electrons. The summed E-state index contributed by atoms with van der Waals surface area (Å²) < 4.78 is 26.6. The van der Waals surface area contributed by atoms with Gasteiger partial charge in [0.2, 0.25) is 0 Å². The molecule has 4 aromatic carbocycles. The zero-order valence-electron chi connectivity index (χ0n) is 24.6. The van der Waals surface area contributed by atoms with Gasteiger partial charge in [-0.2, -0.15) is 9.78 Å². The van der Waals surface area contributed by atoms with E-state index in [1.807, 2.05) is 31.2 Å². The van der Waals surface area contributed by atoms with E-state index in [9.17, 15) is 14.0 Å². The standard InChI is InChI=1S/C34H30BrFN4O4/c1-20(2)26-17-27(21(3)14-31(26)43-4)33-39-29-11-6-5-10-25(29)34(42)40(33)37-18-22-12-13-30(28(35)15-22)44-19-32(41)38-24-9-7-8-23(36)16-24/h5-18,20H,19H2,1-4H3,(H,38,41). The van der Waals surface area contributed by atoms with Gasteiger partial charge in [0.25, 0.3) is 11.5 Å². The fraction of sp³-hybridized carbons (Fsp3) is 0.176. The molecular weight excluding hydrogens is 627 g/mol. The lowest BCUT2D eigenvalue weighted by atomic mass is 9.96. The van der Waals surface area contributed by atoms with Crippen molar-refractivity contribution in [3.63, 3.8) is 0 Å². The molecule has 1 aromatic heterocycles. The predicted molar refractivity (Wildman–Crippen MR) is 174 cm³/mol. The second kappa shape index (κ2) is 13.2. The van der Waals surface area contributed by atoms with Gasteiger partial charge < -0.3 is 14.8 Å². The van der Waals surface area contributed by atoms with E-state index >= 15 is 0 Å². The smallest absolute Gasteiger partial charge is 0.282 e. The van der Waals surface area contributed by atoms with Crippen LogP contribution in [0.5, 0.6) is 11.5 Å². The average Bonchev–Trinajstić information content (AvgIpc) is 2.99. The van der Waals surface area contributed by atoms with Gasteiger partial charge in [0.1, 0.15) is 17.3 Å². The highest BCUT2D eigenvalue weighted by molar-refractivity contribution is 9.10. The number of aromatic nitrogens is 2. The summed E-state index contributed by atoms with van der Waals surface area (Å²) in [4.78, 5) is 30.9. The monoisotopic (exact) mass is 656 g/mol. The van der Waals surface area contributed by atoms with Crippen molar-refractivity contribution in [1.82, 2.24) is 9.66 Å². The number of hydrogen-bond donors (Lipinski definition) is 1. The lowest BCUT2D eigenvalue weighted by Crippen LogP contribution is -2.21. The molecule has 1 N–H and O–H groups in total. The molecule has 5 rings (SSSR count). The van der Waals surface area contributed by atoms with Gasteiger partial charge in [-0.15, -0.1) is 0 Å². The molecule has 0 bridgehead atoms. The van der Waals surface area contributed by atoms with E-state index in [1.54, 1.807) is 49.7 Å². The lowest BCUT2D eigenvalue weighted by molar-refractivity contribution is -0.118. The van der Waals surface area contributed by atoms with Gasteiger partial charge in [-0.1, -0.05) is 32.0 Å². The number of aryl methyl sites for hydroxylation is 1. The van der Waals surface area contributed by atoms with Crippen molar-refractivity contribution in [3.05, 3.63) is 116 Å². The number of nitrogens with one attached hydrogen (secondary N) is 1. The van der Waals surface area contributed by atoms with Crippen LogP contribution in [0, 0.1) is 12.7 Å². The first-order valence-electron chi connectivity index (χ1n) is 13.9. The van der Waals surface area contributed by atoms with Crippen LogP contribution in [0.15, 0.2) is 93.2 Å². The molecule has 0 saturated carbocycles. The van der Waals surface area contributed by atoms with Gasteiger partial charge in [0, 0.05) is 11.3 Å². The number of hydrogen-bond acceptors (Lipinski definition) is 6. The van der Waals surface area contributed by atoms with Crippen molar-refractivity contribution in [3.8, 4) is 22.9 Å². The summed E-state index contributed by atoms with van der Waals surface area (Å²) in [5.74, 6) is 0.916. The highest BCUT2D eigenvalue weighted by atomic mass is 79.9. The number of ether oxygens (including phenoxy) is 2. The molecule has 0 aliphatic heterocycles. The van der Waals surface area contributed by atoms with E-state index in [0.717, 1.165) is 22.4 Å². The van der Waals surface area contributed by atoms with Crippen LogP contribution in [0.1, 0.15) is 36.5 Å². The number of nitrogens with zero attached hydrogens (tertiary/aromatic N) is 3. The summed E-state index contributed by atoms with van der Waals surface area (Å²) in [6.45, 7) is 5.84. The normalized spacial score (nSPS) is 11.3. The highest BCUT2D eigenvalue weighted by Gasteiger charge is 2.18. The minimum atomic E-state index is -0.447. The van der Waals surface area contributed by atoms with Crippen molar-refractivity contribution < 1.29 is 18.7 Å². The Bertz CT molecular complexity index is 1950. The first kappa shape index (κ1) is 30.6. The van der Waals surface area contributed by atoms with Crippen molar-refractivity contribution in [2.75, 3.05) is 19.0 Å². The van der Waals surface area contributed by atoms with Crippen LogP contribution in [0.25, 0.3) is 22.3 Å². The maximum atomic E-state index is 13.7. The molecule has 0 spiro atoms. The number of halogens is 2. The Kier molecular flexibility index (Phi) is 9.20. The quantitative estimate of drug-likeness (QED) is 0.168. The van der Waals surface area contributed by atoms with E-state index < -0.39 is 11.7 Å². The Labute approximate surface area is 262 Å². The molecule has 0 fully saturated rings. The largest absolute Gasteiger partial charge is 0.496 e. The molecule has 1 heterocycles. The van der Waals surface area contributed by atoms with Crippen LogP contribution in [0.3, 0.4) is 0 Å². The number of fused-ring (bicyclic) bond motifs is 1. The van der Waals surface area contributed by atoms with E-state index in [0.29, 0.717) is 38.2 Å². The number of carbonyl (C=O) groups excluding carboxylic acids is 1. The van der Waals surface area contributed by atoms with Gasteiger partial charge in [0.05, 0.1) is 28.7 Å². The van der Waals surface area contributed by atoms with Crippen LogP contribution in [-0.4, -0.2) is 35.5 Å². The Morgan fingerprint density at radius 1 is 1.07 bits per heavy atom. The summed E-state index contributed by atoms with van der Waals surface area (Å²) in [5, 5.41) is 7.63. The van der Waals surface area contributed by atoms with Crippen LogP contribution < -0.4 is 20.3 Å². The van der Waals surface area contributed by atoms with E-state index in [1.165, 1.54) is 22.9 Å². The van der Waals surface area contributed by atoms with Crippen molar-refractivity contribution >= 4 is 44.6 Å². The minimum Gasteiger partial charge on any atom is -0.496 e. The molecule has 8 nitrogen and oxygen atoms in total. The first-order valence-corrected chi connectivity index (χ1v) is 14.7. The zero-order chi connectivity index (χ0) is 31.4. The molecule has 0 atom stereocenters. The molecule has 5 aromatic rings. The molecule has 44 heavy (non-hydrogen) atoms. The van der Waals surface area contributed by atoms with Gasteiger partial charge in [0.15, 0.2) is 12.4 Å². The number of benzene rings is 4. The first-order chi connectivity index (χ1) is 21.1. The molecule has 224 valence electrons. The summed E-state index contributed by atoms with van der Waals surface area (Å²) >= 11 is 3.48. The number of anilines is 1. The fourth-order valence-electron chi connectivity index (χ4n) is 4.72. The molecule has 0 unspecified atom stereocenters. The topological polar surface area (TPSA) is 94.8 Å². The Hall–Kier alpha value is -4.83. The highest BCUT2D eigenvalue weighted by Crippen LogP contribution is 2.34. The van der Waals surface area contributed by atoms with Crippen LogP contribution in [0.2, 0.25) is 0 Å². The maximum Gasteiger partial charge on any atom is 0.282 e. The van der Waals surface area contributed by atoms with Crippen LogP contribution in [0.4, 0.5) is 10.1 Å². The van der Waals surface area contributed by atoms with E-state index in [4.69, 9.17) is 14.5 Å². The van der Waals surface area contributed by atoms with Crippen molar-refractivity contribution in [2.45, 2.75) is 26.7 Å². The third-order valence-electron chi connectivity index (χ3n) is 6.94. The second-order valence-electron chi connectivity index (χ2n) is 10.4. The third kappa shape index (κ3) is 6.70. The number of para-hydroxylation sites is 1. The van der Waals surface area contributed by atoms with Gasteiger partial charge in [-0.3, -0.25) is 9.59 Å². The Morgan fingerprint density at radius 3 is 2.59 bits per heavy atom. The molecule has 0 aliphatic rings. The summed E-state index contributed by atoms with van der Waals surface area (Å²) in [6.07, 6.45) is 1.56. The van der Waals surface area contributed by atoms with Gasteiger partial charge >= 0.3 is 0 Å². The number of rotatable bonds is 9. The molecule has 0 aliphatic carbocycles. The molecule has 0 saturated heterocycles. The van der Waals surface area contributed by atoms with Gasteiger partial charge in [-0.25, -0.2) is 9.37 Å². The van der Waals surface area contributed by atoms with E-state index in [2.05, 4.69) is 40.2 Å². The third-order valence-corrected chi connectivity index (χ3v) is 7.56. The van der Waals surface area contributed by atoms with Crippen LogP contribution >= 0.6 is 15.9 Å². The summed E-state index contributed by atoms with van der Waals surface area (Å²) in [5.41, 5.74) is 3.95. The number of amides is 1. The molecular formula is C34H30BrFN4O4. The summed E-state index contributed by atoms with van der Waals surface area (Å²) in [6, 6.07) is 22.0. The average molecular weight is 658 g/mol. The van der Waals surface area contributed by atoms with Crippen LogP contribution in [-0.2, 0) is 4.79 Å². The van der Waals surface area contributed by atoms with E-state index in [-0.39, 0.29) is 18.1 Å². The Morgan fingerprint density at radius 2 is 1.86 bits per heavy atom. The van der Waals surface area contributed by atoms with Gasteiger partial charge in [-0.05, 0) is 106 Å². The van der Waals surface area contributed by atoms with Crippen molar-refractivity contribution in [2.24, 2.45) is 5.10 Å². The number of methoxy groups -OCH3 is 1. The SMILES string of the molecule is COc1cc(C)c(-c2nc3ccccc3c(=O)n2N=Cc2ccc(OCC(=O)Nc3cccc(F)c3)c(Br)c2)cc1C(C)C. The fourth-order valence-corrected chi connectivity index (χ4v) is 5.23. The van der Waals surface area contributed by atoms with Crippen molar-refractivity contribution in [1.29, 1.82) is 0 Å². The number of carbonyl (C=O) groups is 1. The molecule has 10 heteroatoms. The second-order valence-corrected chi connectivity index (χ2v) is 11.3. The maximum absolute atomic E-state index is 13.7. The summed E-state index contributed by atoms with van der Waals surface area (Å²) in [7, 11) is 1.64. The minimum absolute atomic E-state index is 0.180.